The topological polar surface area (TPSA) is 93.5 Å². The lowest BCUT2D eigenvalue weighted by Gasteiger charge is -2.23. The van der Waals surface area contributed by atoms with Gasteiger partial charge in [0.25, 0.3) is 5.91 Å². The Bertz CT molecular complexity index is 713. The molecule has 0 bridgehead atoms. The Kier molecular flexibility index (Phi) is 5.10. The van der Waals surface area contributed by atoms with E-state index in [-0.39, 0.29) is 19.5 Å². The number of halogens is 1. The van der Waals surface area contributed by atoms with Crippen molar-refractivity contribution in [1.29, 1.82) is 5.26 Å². The van der Waals surface area contributed by atoms with Gasteiger partial charge in [0.2, 0.25) is 5.91 Å². The molecule has 126 valence electrons. The SMILES string of the molecule is CN(CCC#N)C(=O)CN1C(=O)NC(C)(c2ccc(Cl)cc2)C1=O. The van der Waals surface area contributed by atoms with E-state index < -0.39 is 23.4 Å². The van der Waals surface area contributed by atoms with Gasteiger partial charge in [-0.3, -0.25) is 14.5 Å². The molecule has 1 aliphatic rings. The highest BCUT2D eigenvalue weighted by Gasteiger charge is 2.49. The van der Waals surface area contributed by atoms with Crippen LogP contribution in [0, 0.1) is 11.3 Å². The molecule has 1 saturated heterocycles. The predicted molar refractivity (Wildman–Crippen MR) is 86.9 cm³/mol. The van der Waals surface area contributed by atoms with Gasteiger partial charge in [0.1, 0.15) is 12.1 Å². The van der Waals surface area contributed by atoms with Crippen LogP contribution in [0.2, 0.25) is 5.02 Å². The summed E-state index contributed by atoms with van der Waals surface area (Å²) in [6.45, 7) is 1.46. The van der Waals surface area contributed by atoms with E-state index in [0.29, 0.717) is 10.6 Å². The summed E-state index contributed by atoms with van der Waals surface area (Å²) in [4.78, 5) is 39.2. The Hall–Kier alpha value is -2.59. The lowest BCUT2D eigenvalue weighted by molar-refractivity contribution is -0.138. The van der Waals surface area contributed by atoms with Gasteiger partial charge in [-0.25, -0.2) is 4.79 Å². The zero-order valence-corrected chi connectivity index (χ0v) is 14.1. The summed E-state index contributed by atoms with van der Waals surface area (Å²) in [7, 11) is 1.52. The van der Waals surface area contributed by atoms with Crippen LogP contribution in [-0.2, 0) is 15.1 Å². The average Bonchev–Trinajstić information content (AvgIpc) is 2.77. The third-order valence-electron chi connectivity index (χ3n) is 3.97. The van der Waals surface area contributed by atoms with Crippen molar-refractivity contribution in [2.24, 2.45) is 0 Å². The van der Waals surface area contributed by atoms with Crippen LogP contribution in [0.25, 0.3) is 0 Å². The number of hydrogen-bond acceptors (Lipinski definition) is 4. The molecule has 1 aromatic rings. The Morgan fingerprint density at radius 3 is 2.58 bits per heavy atom. The van der Waals surface area contributed by atoms with Crippen molar-refractivity contribution >= 4 is 29.4 Å². The lowest BCUT2D eigenvalue weighted by Crippen LogP contribution is -2.43. The van der Waals surface area contributed by atoms with Gasteiger partial charge in [-0.1, -0.05) is 23.7 Å². The molecule has 1 atom stereocenters. The minimum atomic E-state index is -1.24. The van der Waals surface area contributed by atoms with E-state index in [0.717, 1.165) is 4.90 Å². The summed E-state index contributed by atoms with van der Waals surface area (Å²) >= 11 is 5.85. The van der Waals surface area contributed by atoms with Gasteiger partial charge in [0.05, 0.1) is 12.5 Å². The highest BCUT2D eigenvalue weighted by atomic mass is 35.5. The van der Waals surface area contributed by atoms with Crippen LogP contribution in [0.1, 0.15) is 18.9 Å². The summed E-state index contributed by atoms with van der Waals surface area (Å²) in [5, 5.41) is 11.7. The molecule has 7 nitrogen and oxygen atoms in total. The third-order valence-corrected chi connectivity index (χ3v) is 4.23. The van der Waals surface area contributed by atoms with E-state index in [4.69, 9.17) is 16.9 Å². The fourth-order valence-corrected chi connectivity index (χ4v) is 2.54. The lowest BCUT2D eigenvalue weighted by atomic mass is 9.92. The smallest absolute Gasteiger partial charge is 0.325 e. The second-order valence-electron chi connectivity index (χ2n) is 5.68. The molecule has 2 rings (SSSR count). The fraction of sp³-hybridized carbons (Fsp3) is 0.375. The van der Waals surface area contributed by atoms with Crippen molar-refractivity contribution in [2.45, 2.75) is 18.9 Å². The molecule has 4 amide bonds. The zero-order chi connectivity index (χ0) is 17.9. The highest BCUT2D eigenvalue weighted by Crippen LogP contribution is 2.29. The summed E-state index contributed by atoms with van der Waals surface area (Å²) in [6, 6.07) is 7.89. The molecule has 0 saturated carbocycles. The first-order valence-corrected chi connectivity index (χ1v) is 7.68. The summed E-state index contributed by atoms with van der Waals surface area (Å²) in [6.07, 6.45) is 0.185. The van der Waals surface area contributed by atoms with Crippen molar-refractivity contribution in [3.05, 3.63) is 34.9 Å². The number of nitriles is 1. The number of carbonyl (C=O) groups is 3. The van der Waals surface area contributed by atoms with E-state index >= 15 is 0 Å². The van der Waals surface area contributed by atoms with Crippen LogP contribution in [0.3, 0.4) is 0 Å². The number of benzene rings is 1. The molecular formula is C16H17ClN4O3. The van der Waals surface area contributed by atoms with E-state index in [2.05, 4.69) is 5.32 Å². The summed E-state index contributed by atoms with van der Waals surface area (Å²) < 4.78 is 0. The molecule has 1 fully saturated rings. The van der Waals surface area contributed by atoms with Crippen molar-refractivity contribution in [3.63, 3.8) is 0 Å². The molecule has 0 spiro atoms. The Morgan fingerprint density at radius 2 is 2.00 bits per heavy atom. The summed E-state index contributed by atoms with van der Waals surface area (Å²) in [5.41, 5.74) is -0.661. The first-order valence-electron chi connectivity index (χ1n) is 7.30. The predicted octanol–water partition coefficient (Wildman–Crippen LogP) is 1.48. The molecule has 1 unspecified atom stereocenters. The van der Waals surface area contributed by atoms with Gasteiger partial charge in [-0.15, -0.1) is 0 Å². The van der Waals surface area contributed by atoms with Gasteiger partial charge < -0.3 is 10.2 Å². The number of nitrogens with zero attached hydrogens (tertiary/aromatic N) is 3. The molecule has 0 aliphatic carbocycles. The molecule has 1 aliphatic heterocycles. The summed E-state index contributed by atoms with van der Waals surface area (Å²) in [5.74, 6) is -0.911. The molecule has 1 heterocycles. The van der Waals surface area contributed by atoms with Gasteiger partial charge in [-0.2, -0.15) is 5.26 Å². The largest absolute Gasteiger partial charge is 0.343 e. The number of likely N-dealkylation sites (N-methyl/N-ethyl adjacent to an activating group) is 1. The number of rotatable bonds is 5. The molecular weight excluding hydrogens is 332 g/mol. The van der Waals surface area contributed by atoms with Gasteiger partial charge in [0.15, 0.2) is 0 Å². The van der Waals surface area contributed by atoms with E-state index in [1.807, 2.05) is 6.07 Å². The van der Waals surface area contributed by atoms with Crippen LogP contribution in [0.5, 0.6) is 0 Å². The Balaban J connectivity index is 2.15. The minimum Gasteiger partial charge on any atom is -0.343 e. The van der Waals surface area contributed by atoms with Crippen molar-refractivity contribution in [3.8, 4) is 6.07 Å². The molecule has 24 heavy (non-hydrogen) atoms. The fourth-order valence-electron chi connectivity index (χ4n) is 2.42. The Labute approximate surface area is 144 Å². The molecule has 0 aromatic heterocycles. The van der Waals surface area contributed by atoms with E-state index in [1.54, 1.807) is 31.2 Å². The third kappa shape index (κ3) is 3.34. The Morgan fingerprint density at radius 1 is 1.38 bits per heavy atom. The highest BCUT2D eigenvalue weighted by molar-refractivity contribution is 6.30. The van der Waals surface area contributed by atoms with Crippen LogP contribution in [0.15, 0.2) is 24.3 Å². The minimum absolute atomic E-state index is 0.185. The number of urea groups is 1. The number of carbonyl (C=O) groups excluding carboxylic acids is 3. The number of amides is 4. The van der Waals surface area contributed by atoms with Gasteiger partial charge in [0, 0.05) is 18.6 Å². The first kappa shape index (κ1) is 17.8. The standard InChI is InChI=1S/C16H17ClN4O3/c1-16(11-4-6-12(17)7-5-11)14(23)21(15(24)19-16)10-13(22)20(2)9-3-8-18/h4-7H,3,9-10H2,1-2H3,(H,19,24). The quantitative estimate of drug-likeness (QED) is 0.815. The van der Waals surface area contributed by atoms with Crippen LogP contribution >= 0.6 is 11.6 Å². The van der Waals surface area contributed by atoms with E-state index in [1.165, 1.54) is 11.9 Å². The monoisotopic (exact) mass is 348 g/mol. The van der Waals surface area contributed by atoms with E-state index in [9.17, 15) is 14.4 Å². The van der Waals surface area contributed by atoms with Crippen molar-refractivity contribution < 1.29 is 14.4 Å². The molecule has 0 radical (unpaired) electrons. The number of imide groups is 1. The molecule has 1 aromatic carbocycles. The van der Waals surface area contributed by atoms with Gasteiger partial charge >= 0.3 is 6.03 Å². The maximum atomic E-state index is 12.7. The normalized spacial score (nSPS) is 19.8. The van der Waals surface area contributed by atoms with Crippen LogP contribution in [-0.4, -0.2) is 47.8 Å². The van der Waals surface area contributed by atoms with Crippen LogP contribution < -0.4 is 5.32 Å². The first-order chi connectivity index (χ1) is 11.3. The second-order valence-corrected chi connectivity index (χ2v) is 6.11. The molecule has 8 heteroatoms. The van der Waals surface area contributed by atoms with Crippen LogP contribution in [0.4, 0.5) is 4.79 Å². The number of hydrogen-bond donors (Lipinski definition) is 1. The zero-order valence-electron chi connectivity index (χ0n) is 13.4. The van der Waals surface area contributed by atoms with Gasteiger partial charge in [-0.05, 0) is 24.6 Å². The maximum absolute atomic E-state index is 12.7. The maximum Gasteiger partial charge on any atom is 0.325 e. The second kappa shape index (κ2) is 6.89. The average molecular weight is 349 g/mol. The van der Waals surface area contributed by atoms with Crippen molar-refractivity contribution in [1.82, 2.24) is 15.1 Å². The number of nitrogens with one attached hydrogen (secondary N) is 1. The van der Waals surface area contributed by atoms with Crippen molar-refractivity contribution in [2.75, 3.05) is 20.1 Å². The molecule has 1 N–H and O–H groups in total.